The topological polar surface area (TPSA) is 87.1 Å². The molecule has 6 nitrogen and oxygen atoms in total. The second kappa shape index (κ2) is 7.13. The molecule has 18 heavy (non-hydrogen) atoms. The van der Waals surface area contributed by atoms with E-state index in [9.17, 15) is 9.59 Å². The van der Waals surface area contributed by atoms with Crippen LogP contribution in [0.3, 0.4) is 0 Å². The van der Waals surface area contributed by atoms with E-state index in [0.717, 1.165) is 12.5 Å². The van der Waals surface area contributed by atoms with Crippen LogP contribution in [0.4, 0.5) is 0 Å². The van der Waals surface area contributed by atoms with Gasteiger partial charge in [-0.1, -0.05) is 13.3 Å². The second-order valence-corrected chi connectivity index (χ2v) is 4.20. The number of morpholine rings is 1. The number of carboxylic acids is 2. The Morgan fingerprint density at radius 1 is 1.33 bits per heavy atom. The molecule has 0 aromatic rings. The first-order chi connectivity index (χ1) is 8.56. The molecule has 2 N–H and O–H groups in total. The Kier molecular flexibility index (Phi) is 5.80. The molecule has 0 amide bonds. The molecule has 0 saturated carbocycles. The van der Waals surface area contributed by atoms with E-state index in [-0.39, 0.29) is 11.6 Å². The molecule has 0 aromatic heterocycles. The Balaban J connectivity index is 2.91. The Morgan fingerprint density at radius 3 is 2.39 bits per heavy atom. The van der Waals surface area contributed by atoms with Crippen molar-refractivity contribution < 1.29 is 24.5 Å². The summed E-state index contributed by atoms with van der Waals surface area (Å²) in [6.45, 7) is 4.33. The zero-order chi connectivity index (χ0) is 13.5. The minimum Gasteiger partial charge on any atom is -0.478 e. The predicted octanol–water partition coefficient (Wildman–Crippen LogP) is 0.583. The highest BCUT2D eigenvalue weighted by Crippen LogP contribution is 2.18. The fraction of sp³-hybridized carbons (Fsp3) is 0.667. The van der Waals surface area contributed by atoms with Gasteiger partial charge in [0.15, 0.2) is 0 Å². The Morgan fingerprint density at radius 2 is 1.94 bits per heavy atom. The van der Waals surface area contributed by atoms with Gasteiger partial charge in [0.2, 0.25) is 0 Å². The molecule has 1 atom stereocenters. The van der Waals surface area contributed by atoms with Crippen LogP contribution in [0.2, 0.25) is 0 Å². The molecule has 0 aliphatic carbocycles. The number of carboxylic acid groups (broad SMARTS) is 2. The van der Waals surface area contributed by atoms with Gasteiger partial charge in [0.05, 0.1) is 18.8 Å². The van der Waals surface area contributed by atoms with Crippen LogP contribution >= 0.6 is 0 Å². The van der Waals surface area contributed by atoms with E-state index in [1.165, 1.54) is 0 Å². The third-order valence-corrected chi connectivity index (χ3v) is 2.93. The van der Waals surface area contributed by atoms with Crippen molar-refractivity contribution in [1.29, 1.82) is 0 Å². The van der Waals surface area contributed by atoms with E-state index in [4.69, 9.17) is 14.9 Å². The normalized spacial score (nSPS) is 19.5. The molecule has 0 aromatic carbocycles. The van der Waals surface area contributed by atoms with Crippen molar-refractivity contribution in [2.75, 3.05) is 26.3 Å². The smallest absolute Gasteiger partial charge is 0.333 e. The van der Waals surface area contributed by atoms with Gasteiger partial charge in [-0.3, -0.25) is 4.90 Å². The standard InChI is InChI=1S/C12H19NO5/c1-2-3-10(13-4-6-18-7-5-13)9(12(16)17)8-11(14)15/h8,10H,2-7H2,1H3,(H,14,15)(H,16,17)/b9-8+. The fourth-order valence-electron chi connectivity index (χ4n) is 2.13. The molecule has 1 unspecified atom stereocenters. The average molecular weight is 257 g/mol. The van der Waals surface area contributed by atoms with Crippen molar-refractivity contribution in [2.24, 2.45) is 0 Å². The van der Waals surface area contributed by atoms with Gasteiger partial charge >= 0.3 is 11.9 Å². The van der Waals surface area contributed by atoms with E-state index in [1.807, 2.05) is 11.8 Å². The van der Waals surface area contributed by atoms with Crippen LogP contribution in [0.1, 0.15) is 19.8 Å². The average Bonchev–Trinajstić information content (AvgIpc) is 2.34. The second-order valence-electron chi connectivity index (χ2n) is 4.20. The maximum Gasteiger partial charge on any atom is 0.333 e. The first-order valence-corrected chi connectivity index (χ1v) is 6.05. The van der Waals surface area contributed by atoms with Crippen LogP contribution in [0.5, 0.6) is 0 Å². The minimum absolute atomic E-state index is 0.0498. The molecule has 1 saturated heterocycles. The number of hydrogen-bond donors (Lipinski definition) is 2. The molecule has 1 aliphatic heterocycles. The van der Waals surface area contributed by atoms with Gasteiger partial charge in [-0.2, -0.15) is 0 Å². The van der Waals surface area contributed by atoms with Crippen molar-refractivity contribution >= 4 is 11.9 Å². The highest BCUT2D eigenvalue weighted by atomic mass is 16.5. The lowest BCUT2D eigenvalue weighted by molar-refractivity contribution is -0.136. The molecule has 1 rings (SSSR count). The largest absolute Gasteiger partial charge is 0.478 e. The number of ether oxygens (including phenoxy) is 1. The van der Waals surface area contributed by atoms with E-state index in [0.29, 0.717) is 32.7 Å². The Bertz CT molecular complexity index is 333. The van der Waals surface area contributed by atoms with Crippen molar-refractivity contribution in [1.82, 2.24) is 4.90 Å². The predicted molar refractivity (Wildman–Crippen MR) is 64.4 cm³/mol. The van der Waals surface area contributed by atoms with Gasteiger partial charge in [0.1, 0.15) is 0 Å². The third kappa shape index (κ3) is 4.12. The summed E-state index contributed by atoms with van der Waals surface area (Å²) < 4.78 is 5.22. The van der Waals surface area contributed by atoms with Gasteiger partial charge in [0, 0.05) is 25.2 Å². The lowest BCUT2D eigenvalue weighted by atomic mass is 9.99. The van der Waals surface area contributed by atoms with Gasteiger partial charge in [-0.15, -0.1) is 0 Å². The maximum absolute atomic E-state index is 11.2. The summed E-state index contributed by atoms with van der Waals surface area (Å²) in [7, 11) is 0. The summed E-state index contributed by atoms with van der Waals surface area (Å²) in [6, 6.07) is -0.354. The molecule has 0 bridgehead atoms. The minimum atomic E-state index is -1.22. The van der Waals surface area contributed by atoms with E-state index < -0.39 is 11.9 Å². The first kappa shape index (κ1) is 14.7. The van der Waals surface area contributed by atoms with Crippen LogP contribution in [-0.4, -0.2) is 59.4 Å². The highest BCUT2D eigenvalue weighted by Gasteiger charge is 2.28. The van der Waals surface area contributed by atoms with Crippen molar-refractivity contribution in [3.05, 3.63) is 11.6 Å². The monoisotopic (exact) mass is 257 g/mol. The van der Waals surface area contributed by atoms with Crippen LogP contribution in [0, 0.1) is 0 Å². The molecule has 0 radical (unpaired) electrons. The van der Waals surface area contributed by atoms with Crippen molar-refractivity contribution in [3.63, 3.8) is 0 Å². The lowest BCUT2D eigenvalue weighted by Gasteiger charge is -2.34. The van der Waals surface area contributed by atoms with Gasteiger partial charge < -0.3 is 14.9 Å². The molecule has 1 fully saturated rings. The summed E-state index contributed by atoms with van der Waals surface area (Å²) in [5.41, 5.74) is -0.0498. The molecular weight excluding hydrogens is 238 g/mol. The zero-order valence-electron chi connectivity index (χ0n) is 10.5. The summed E-state index contributed by atoms with van der Waals surface area (Å²) in [4.78, 5) is 23.9. The van der Waals surface area contributed by atoms with Crippen LogP contribution < -0.4 is 0 Å². The summed E-state index contributed by atoms with van der Waals surface area (Å²) in [5, 5.41) is 17.9. The van der Waals surface area contributed by atoms with Gasteiger partial charge in [-0.05, 0) is 6.42 Å². The number of carbonyl (C=O) groups is 2. The quantitative estimate of drug-likeness (QED) is 0.677. The van der Waals surface area contributed by atoms with E-state index >= 15 is 0 Å². The molecular formula is C12H19NO5. The molecule has 102 valence electrons. The van der Waals surface area contributed by atoms with Crippen LogP contribution in [0.15, 0.2) is 11.6 Å². The SMILES string of the molecule is CCCC(/C(=C\C(=O)O)C(=O)O)N1CCOCC1. The zero-order valence-corrected chi connectivity index (χ0v) is 10.5. The van der Waals surface area contributed by atoms with Crippen LogP contribution in [0.25, 0.3) is 0 Å². The maximum atomic E-state index is 11.2. The van der Waals surface area contributed by atoms with Gasteiger partial charge in [0.25, 0.3) is 0 Å². The van der Waals surface area contributed by atoms with Crippen molar-refractivity contribution in [3.8, 4) is 0 Å². The number of aliphatic carboxylic acids is 2. The molecule has 0 spiro atoms. The number of hydrogen-bond acceptors (Lipinski definition) is 4. The fourth-order valence-corrected chi connectivity index (χ4v) is 2.13. The van der Waals surface area contributed by atoms with E-state index in [1.54, 1.807) is 0 Å². The summed E-state index contributed by atoms with van der Waals surface area (Å²) in [5.74, 6) is -2.39. The van der Waals surface area contributed by atoms with E-state index in [2.05, 4.69) is 0 Å². The first-order valence-electron chi connectivity index (χ1n) is 6.05. The molecule has 6 heteroatoms. The Labute approximate surface area is 106 Å². The summed E-state index contributed by atoms with van der Waals surface area (Å²) in [6.07, 6.45) is 2.23. The number of rotatable bonds is 6. The number of nitrogens with zero attached hydrogens (tertiary/aromatic N) is 1. The van der Waals surface area contributed by atoms with Crippen molar-refractivity contribution in [2.45, 2.75) is 25.8 Å². The third-order valence-electron chi connectivity index (χ3n) is 2.93. The molecule has 1 heterocycles. The molecule has 1 aliphatic rings. The Hall–Kier alpha value is -1.40. The summed E-state index contributed by atoms with van der Waals surface area (Å²) >= 11 is 0. The van der Waals surface area contributed by atoms with Crippen LogP contribution in [-0.2, 0) is 14.3 Å². The highest BCUT2D eigenvalue weighted by molar-refractivity contribution is 5.95. The van der Waals surface area contributed by atoms with Gasteiger partial charge in [-0.25, -0.2) is 9.59 Å². The lowest BCUT2D eigenvalue weighted by Crippen LogP contribution is -2.45.